The first-order valence-electron chi connectivity index (χ1n) is 5.10. The number of rotatable bonds is 3. The zero-order chi connectivity index (χ0) is 11.5. The maximum atomic E-state index is 5.91. The molecule has 0 aliphatic heterocycles. The van der Waals surface area contributed by atoms with Gasteiger partial charge in [0.25, 0.3) is 0 Å². The van der Waals surface area contributed by atoms with Crippen LogP contribution in [0.1, 0.15) is 11.3 Å². The summed E-state index contributed by atoms with van der Waals surface area (Å²) in [5.41, 5.74) is 8.62. The Morgan fingerprint density at radius 2 is 2.06 bits per heavy atom. The molecule has 2 rings (SSSR count). The Morgan fingerprint density at radius 3 is 2.62 bits per heavy atom. The van der Waals surface area contributed by atoms with Crippen molar-refractivity contribution in [1.82, 2.24) is 14.8 Å². The quantitative estimate of drug-likeness (QED) is 0.813. The fourth-order valence-corrected chi connectivity index (χ4v) is 1.57. The van der Waals surface area contributed by atoms with Crippen molar-refractivity contribution in [3.63, 3.8) is 0 Å². The monoisotopic (exact) mass is 217 g/mol. The van der Waals surface area contributed by atoms with Gasteiger partial charge in [-0.15, -0.1) is 0 Å². The molecule has 2 aromatic heterocycles. The van der Waals surface area contributed by atoms with Gasteiger partial charge in [0, 0.05) is 26.0 Å². The highest BCUT2D eigenvalue weighted by Crippen LogP contribution is 2.21. The Kier molecular flexibility index (Phi) is 2.76. The van der Waals surface area contributed by atoms with Crippen LogP contribution in [0.2, 0.25) is 0 Å². The van der Waals surface area contributed by atoms with E-state index in [2.05, 4.69) is 15.4 Å². The molecule has 0 fully saturated rings. The van der Waals surface area contributed by atoms with Gasteiger partial charge >= 0.3 is 0 Å². The van der Waals surface area contributed by atoms with Gasteiger partial charge in [0.2, 0.25) is 0 Å². The third-order valence-corrected chi connectivity index (χ3v) is 2.48. The molecule has 0 radical (unpaired) electrons. The van der Waals surface area contributed by atoms with Crippen molar-refractivity contribution in [2.24, 2.45) is 7.05 Å². The summed E-state index contributed by atoms with van der Waals surface area (Å²) in [5, 5.41) is 7.51. The molecule has 0 unspecified atom stereocenters. The van der Waals surface area contributed by atoms with Gasteiger partial charge in [0.05, 0.1) is 11.4 Å². The second-order valence-corrected chi connectivity index (χ2v) is 3.68. The van der Waals surface area contributed by atoms with Gasteiger partial charge in [-0.3, -0.25) is 9.67 Å². The molecular formula is C11H15N5. The van der Waals surface area contributed by atoms with E-state index in [-0.39, 0.29) is 0 Å². The maximum Gasteiger partial charge on any atom is 0.148 e. The summed E-state index contributed by atoms with van der Waals surface area (Å²) in [6.45, 7) is 2.61. The van der Waals surface area contributed by atoms with E-state index < -0.39 is 0 Å². The number of nitrogen functional groups attached to an aromatic ring is 1. The molecule has 0 atom stereocenters. The minimum Gasteiger partial charge on any atom is -0.394 e. The number of hydrogen-bond acceptors (Lipinski definition) is 4. The van der Waals surface area contributed by atoms with E-state index >= 15 is 0 Å². The predicted molar refractivity (Wildman–Crippen MR) is 63.9 cm³/mol. The molecule has 84 valence electrons. The average molecular weight is 217 g/mol. The van der Waals surface area contributed by atoms with E-state index in [0.29, 0.717) is 12.2 Å². The van der Waals surface area contributed by atoms with Crippen molar-refractivity contribution < 1.29 is 0 Å². The van der Waals surface area contributed by atoms with Gasteiger partial charge in [0.1, 0.15) is 5.82 Å². The molecule has 0 spiro atoms. The average Bonchev–Trinajstić information content (AvgIpc) is 2.53. The van der Waals surface area contributed by atoms with Gasteiger partial charge in [-0.2, -0.15) is 5.10 Å². The summed E-state index contributed by atoms with van der Waals surface area (Å²) in [5.74, 6) is 0.856. The van der Waals surface area contributed by atoms with Gasteiger partial charge < -0.3 is 11.1 Å². The minimum atomic E-state index is 0.705. The fraction of sp³-hybridized carbons (Fsp3) is 0.273. The fourth-order valence-electron chi connectivity index (χ4n) is 1.57. The summed E-state index contributed by atoms with van der Waals surface area (Å²) in [6.07, 6.45) is 3.55. The molecule has 0 aliphatic carbocycles. The molecule has 2 aromatic rings. The lowest BCUT2D eigenvalue weighted by atomic mass is 10.2. The van der Waals surface area contributed by atoms with Crippen LogP contribution < -0.4 is 11.1 Å². The number of nitrogens with one attached hydrogen (secondary N) is 1. The van der Waals surface area contributed by atoms with Crippen LogP contribution in [-0.2, 0) is 13.6 Å². The van der Waals surface area contributed by atoms with Gasteiger partial charge in [0.15, 0.2) is 0 Å². The van der Waals surface area contributed by atoms with E-state index in [0.717, 1.165) is 17.1 Å². The molecule has 0 aliphatic rings. The molecular weight excluding hydrogens is 202 g/mol. The highest BCUT2D eigenvalue weighted by molar-refractivity contribution is 5.64. The van der Waals surface area contributed by atoms with Crippen molar-refractivity contribution in [1.29, 1.82) is 0 Å². The number of aryl methyl sites for hydroxylation is 2. The predicted octanol–water partition coefficient (Wildman–Crippen LogP) is 1.32. The number of hydrogen-bond donors (Lipinski definition) is 2. The van der Waals surface area contributed by atoms with Crippen LogP contribution in [0.5, 0.6) is 0 Å². The Morgan fingerprint density at radius 1 is 1.38 bits per heavy atom. The van der Waals surface area contributed by atoms with Crippen molar-refractivity contribution in [3.05, 3.63) is 35.8 Å². The normalized spacial score (nSPS) is 10.4. The number of nitrogens with zero attached hydrogens (tertiary/aromatic N) is 3. The molecule has 0 amide bonds. The zero-order valence-electron chi connectivity index (χ0n) is 9.44. The van der Waals surface area contributed by atoms with E-state index in [1.807, 2.05) is 26.1 Å². The van der Waals surface area contributed by atoms with Gasteiger partial charge in [-0.25, -0.2) is 0 Å². The zero-order valence-corrected chi connectivity index (χ0v) is 9.44. The van der Waals surface area contributed by atoms with E-state index in [9.17, 15) is 0 Å². The Hall–Kier alpha value is -2.04. The van der Waals surface area contributed by atoms with E-state index in [4.69, 9.17) is 5.73 Å². The lowest BCUT2D eigenvalue weighted by Gasteiger charge is -2.07. The van der Waals surface area contributed by atoms with Crippen LogP contribution in [0.4, 0.5) is 11.5 Å². The molecule has 0 aromatic carbocycles. The lowest BCUT2D eigenvalue weighted by Crippen LogP contribution is -2.06. The van der Waals surface area contributed by atoms with Gasteiger partial charge in [-0.05, 0) is 24.6 Å². The molecule has 5 heteroatoms. The number of pyridine rings is 1. The van der Waals surface area contributed by atoms with Crippen molar-refractivity contribution >= 4 is 11.5 Å². The number of aromatic nitrogens is 3. The summed E-state index contributed by atoms with van der Waals surface area (Å²) in [7, 11) is 1.87. The summed E-state index contributed by atoms with van der Waals surface area (Å²) in [4.78, 5) is 3.97. The Labute approximate surface area is 94.3 Å². The van der Waals surface area contributed by atoms with Crippen LogP contribution in [0, 0.1) is 6.92 Å². The number of nitrogens with two attached hydrogens (primary N) is 1. The Bertz CT molecular complexity index is 475. The van der Waals surface area contributed by atoms with Crippen LogP contribution in [0.3, 0.4) is 0 Å². The minimum absolute atomic E-state index is 0.705. The van der Waals surface area contributed by atoms with Gasteiger partial charge in [-0.1, -0.05) is 0 Å². The summed E-state index contributed by atoms with van der Waals surface area (Å²) >= 11 is 0. The van der Waals surface area contributed by atoms with Crippen LogP contribution in [0.15, 0.2) is 24.5 Å². The molecule has 0 saturated heterocycles. The number of anilines is 2. The first-order chi connectivity index (χ1) is 7.68. The molecule has 16 heavy (non-hydrogen) atoms. The summed E-state index contributed by atoms with van der Waals surface area (Å²) < 4.78 is 1.76. The standard InChI is InChI=1S/C11H15N5/c1-8-10(12)11(16(2)15-8)14-7-9-3-5-13-6-4-9/h3-6,14H,7,12H2,1-2H3. The molecule has 5 nitrogen and oxygen atoms in total. The highest BCUT2D eigenvalue weighted by Gasteiger charge is 2.08. The second kappa shape index (κ2) is 4.22. The van der Waals surface area contributed by atoms with Crippen LogP contribution in [-0.4, -0.2) is 14.8 Å². The first-order valence-corrected chi connectivity index (χ1v) is 5.10. The van der Waals surface area contributed by atoms with E-state index in [1.165, 1.54) is 0 Å². The third-order valence-electron chi connectivity index (χ3n) is 2.48. The van der Waals surface area contributed by atoms with Crippen LogP contribution in [0.25, 0.3) is 0 Å². The topological polar surface area (TPSA) is 68.8 Å². The highest BCUT2D eigenvalue weighted by atomic mass is 15.3. The largest absolute Gasteiger partial charge is 0.394 e. The van der Waals surface area contributed by atoms with Crippen molar-refractivity contribution in [2.75, 3.05) is 11.1 Å². The lowest BCUT2D eigenvalue weighted by molar-refractivity contribution is 0.758. The first kappa shape index (κ1) is 10.5. The molecule has 2 heterocycles. The van der Waals surface area contributed by atoms with Crippen LogP contribution >= 0.6 is 0 Å². The third kappa shape index (κ3) is 1.98. The smallest absolute Gasteiger partial charge is 0.148 e. The molecule has 0 bridgehead atoms. The Balaban J connectivity index is 2.11. The summed E-state index contributed by atoms with van der Waals surface area (Å²) in [6, 6.07) is 3.93. The van der Waals surface area contributed by atoms with E-state index in [1.54, 1.807) is 17.1 Å². The van der Waals surface area contributed by atoms with Crippen molar-refractivity contribution in [2.45, 2.75) is 13.5 Å². The van der Waals surface area contributed by atoms with Crippen molar-refractivity contribution in [3.8, 4) is 0 Å². The SMILES string of the molecule is Cc1nn(C)c(NCc2ccncc2)c1N. The molecule has 3 N–H and O–H groups in total. The second-order valence-electron chi connectivity index (χ2n) is 3.68. The maximum absolute atomic E-state index is 5.91. The molecule has 0 saturated carbocycles.